The van der Waals surface area contributed by atoms with Gasteiger partial charge in [0, 0.05) is 17.8 Å². The van der Waals surface area contributed by atoms with E-state index in [1.54, 1.807) is 29.1 Å². The van der Waals surface area contributed by atoms with Crippen LogP contribution in [-0.2, 0) is 6.54 Å². The Balaban J connectivity index is 1.96. The van der Waals surface area contributed by atoms with Gasteiger partial charge in [0.15, 0.2) is 0 Å². The van der Waals surface area contributed by atoms with Crippen LogP contribution in [0.5, 0.6) is 5.75 Å². The summed E-state index contributed by atoms with van der Waals surface area (Å²) in [5.74, 6) is 0.268. The number of amides is 1. The van der Waals surface area contributed by atoms with E-state index in [4.69, 9.17) is 16.3 Å². The fourth-order valence-corrected chi connectivity index (χ4v) is 2.20. The standard InChI is InChI=1S/C13H13BrClN3O2/c1-20-12-3-2-10(15)6-11(12)13(19)16-4-5-18-8-9(14)7-17-18/h2-3,6-8H,4-5H2,1H3,(H,16,19). The van der Waals surface area contributed by atoms with Crippen LogP contribution in [0.25, 0.3) is 0 Å². The molecule has 1 N–H and O–H groups in total. The number of nitrogens with zero attached hydrogens (tertiary/aromatic N) is 2. The normalized spacial score (nSPS) is 10.3. The van der Waals surface area contributed by atoms with Gasteiger partial charge in [-0.05, 0) is 34.1 Å². The van der Waals surface area contributed by atoms with Crippen molar-refractivity contribution in [3.63, 3.8) is 0 Å². The third kappa shape index (κ3) is 3.74. The van der Waals surface area contributed by atoms with Gasteiger partial charge >= 0.3 is 0 Å². The average molecular weight is 359 g/mol. The highest BCUT2D eigenvalue weighted by molar-refractivity contribution is 9.10. The Bertz CT molecular complexity index is 615. The first-order valence-corrected chi connectivity index (χ1v) is 7.07. The molecule has 0 aliphatic rings. The molecule has 2 aromatic rings. The van der Waals surface area contributed by atoms with Gasteiger partial charge in [-0.3, -0.25) is 9.48 Å². The number of carbonyl (C=O) groups is 1. The van der Waals surface area contributed by atoms with E-state index < -0.39 is 0 Å². The van der Waals surface area contributed by atoms with Gasteiger partial charge in [-0.2, -0.15) is 5.10 Å². The van der Waals surface area contributed by atoms with Crippen LogP contribution in [0.3, 0.4) is 0 Å². The van der Waals surface area contributed by atoms with Crippen molar-refractivity contribution in [2.75, 3.05) is 13.7 Å². The van der Waals surface area contributed by atoms with Crippen LogP contribution in [-0.4, -0.2) is 29.3 Å². The maximum absolute atomic E-state index is 12.1. The lowest BCUT2D eigenvalue weighted by molar-refractivity contribution is 0.0949. The van der Waals surface area contributed by atoms with Crippen molar-refractivity contribution in [2.24, 2.45) is 0 Å². The molecule has 7 heteroatoms. The SMILES string of the molecule is COc1ccc(Cl)cc1C(=O)NCCn1cc(Br)cn1. The minimum absolute atomic E-state index is 0.226. The van der Waals surface area contributed by atoms with Crippen molar-refractivity contribution in [3.05, 3.63) is 45.7 Å². The summed E-state index contributed by atoms with van der Waals surface area (Å²) in [6.07, 6.45) is 3.54. The lowest BCUT2D eigenvalue weighted by atomic mass is 10.2. The molecular weight excluding hydrogens is 346 g/mol. The zero-order valence-electron chi connectivity index (χ0n) is 10.8. The summed E-state index contributed by atoms with van der Waals surface area (Å²) in [5.41, 5.74) is 0.418. The molecule has 20 heavy (non-hydrogen) atoms. The molecule has 0 fully saturated rings. The Morgan fingerprint density at radius 2 is 2.35 bits per heavy atom. The Kier molecular flexibility index (Phi) is 5.03. The molecule has 0 unspecified atom stereocenters. The molecule has 0 saturated carbocycles. The first-order chi connectivity index (χ1) is 9.60. The highest BCUT2D eigenvalue weighted by Gasteiger charge is 2.12. The number of methoxy groups -OCH3 is 1. The molecule has 0 saturated heterocycles. The molecule has 1 heterocycles. The third-order valence-corrected chi connectivity index (χ3v) is 3.28. The smallest absolute Gasteiger partial charge is 0.255 e. The van der Waals surface area contributed by atoms with E-state index in [2.05, 4.69) is 26.3 Å². The first-order valence-electron chi connectivity index (χ1n) is 5.90. The zero-order valence-corrected chi connectivity index (χ0v) is 13.1. The quantitative estimate of drug-likeness (QED) is 0.894. The van der Waals surface area contributed by atoms with Crippen molar-refractivity contribution in [2.45, 2.75) is 6.54 Å². The van der Waals surface area contributed by atoms with E-state index in [0.717, 1.165) is 4.47 Å². The van der Waals surface area contributed by atoms with E-state index in [0.29, 0.717) is 29.4 Å². The van der Waals surface area contributed by atoms with Crippen LogP contribution >= 0.6 is 27.5 Å². The molecule has 5 nitrogen and oxygen atoms in total. The predicted molar refractivity (Wildman–Crippen MR) is 80.3 cm³/mol. The Morgan fingerprint density at radius 1 is 1.55 bits per heavy atom. The Morgan fingerprint density at radius 3 is 3.00 bits per heavy atom. The van der Waals surface area contributed by atoms with Gasteiger partial charge in [-0.1, -0.05) is 11.6 Å². The van der Waals surface area contributed by atoms with Crippen LogP contribution < -0.4 is 10.1 Å². The second kappa shape index (κ2) is 6.76. The van der Waals surface area contributed by atoms with Gasteiger partial charge in [-0.25, -0.2) is 0 Å². The molecule has 1 amide bonds. The second-order valence-corrected chi connectivity index (χ2v) is 5.37. The largest absolute Gasteiger partial charge is 0.496 e. The number of halogens is 2. The third-order valence-electron chi connectivity index (χ3n) is 2.63. The van der Waals surface area contributed by atoms with E-state index in [1.807, 2.05) is 6.20 Å². The molecule has 1 aromatic carbocycles. The number of hydrogen-bond acceptors (Lipinski definition) is 3. The van der Waals surface area contributed by atoms with Crippen molar-refractivity contribution in [1.82, 2.24) is 15.1 Å². The predicted octanol–water partition coefficient (Wildman–Crippen LogP) is 2.74. The van der Waals surface area contributed by atoms with E-state index >= 15 is 0 Å². The highest BCUT2D eigenvalue weighted by Crippen LogP contribution is 2.22. The Hall–Kier alpha value is -1.53. The van der Waals surface area contributed by atoms with Crippen LogP contribution in [0.4, 0.5) is 0 Å². The lowest BCUT2D eigenvalue weighted by Gasteiger charge is -2.09. The fourth-order valence-electron chi connectivity index (χ4n) is 1.70. The van der Waals surface area contributed by atoms with E-state index in [1.165, 1.54) is 7.11 Å². The number of rotatable bonds is 5. The molecule has 0 spiro atoms. The average Bonchev–Trinajstić information content (AvgIpc) is 2.84. The number of aromatic nitrogens is 2. The lowest BCUT2D eigenvalue weighted by Crippen LogP contribution is -2.27. The monoisotopic (exact) mass is 357 g/mol. The molecule has 0 bridgehead atoms. The summed E-state index contributed by atoms with van der Waals surface area (Å²) in [5, 5.41) is 7.40. The van der Waals surface area contributed by atoms with Crippen molar-refractivity contribution in [1.29, 1.82) is 0 Å². The van der Waals surface area contributed by atoms with Gasteiger partial charge in [0.25, 0.3) is 5.91 Å². The van der Waals surface area contributed by atoms with Crippen LogP contribution in [0.15, 0.2) is 35.1 Å². The maximum atomic E-state index is 12.1. The molecule has 0 aliphatic heterocycles. The van der Waals surface area contributed by atoms with Crippen molar-refractivity contribution < 1.29 is 9.53 Å². The molecule has 0 aliphatic carbocycles. The van der Waals surface area contributed by atoms with Crippen molar-refractivity contribution >= 4 is 33.4 Å². The van der Waals surface area contributed by atoms with E-state index in [9.17, 15) is 4.79 Å². The van der Waals surface area contributed by atoms with Gasteiger partial charge in [0.1, 0.15) is 5.75 Å². The van der Waals surface area contributed by atoms with Gasteiger partial charge in [0.2, 0.25) is 0 Å². The summed E-state index contributed by atoms with van der Waals surface area (Å²) in [6.45, 7) is 1.04. The van der Waals surface area contributed by atoms with Crippen molar-refractivity contribution in [3.8, 4) is 5.75 Å². The first kappa shape index (κ1) is 14.9. The maximum Gasteiger partial charge on any atom is 0.255 e. The summed E-state index contributed by atoms with van der Waals surface area (Å²) >= 11 is 9.21. The fraction of sp³-hybridized carbons (Fsp3) is 0.231. The number of benzene rings is 1. The molecule has 2 rings (SSSR count). The molecular formula is C13H13BrClN3O2. The summed E-state index contributed by atoms with van der Waals surface area (Å²) in [6, 6.07) is 4.93. The minimum Gasteiger partial charge on any atom is -0.496 e. The number of ether oxygens (including phenoxy) is 1. The van der Waals surface area contributed by atoms with Crippen LogP contribution in [0, 0.1) is 0 Å². The highest BCUT2D eigenvalue weighted by atomic mass is 79.9. The summed E-state index contributed by atoms with van der Waals surface area (Å²) in [4.78, 5) is 12.1. The van der Waals surface area contributed by atoms with Gasteiger partial charge in [-0.15, -0.1) is 0 Å². The minimum atomic E-state index is -0.226. The van der Waals surface area contributed by atoms with Crippen LogP contribution in [0.2, 0.25) is 5.02 Å². The topological polar surface area (TPSA) is 56.1 Å². The zero-order chi connectivity index (χ0) is 14.5. The Labute approximate surface area is 130 Å². The number of hydrogen-bond donors (Lipinski definition) is 1. The summed E-state index contributed by atoms with van der Waals surface area (Å²) in [7, 11) is 1.52. The van der Waals surface area contributed by atoms with E-state index in [-0.39, 0.29) is 5.91 Å². The molecule has 106 valence electrons. The van der Waals surface area contributed by atoms with Crippen LogP contribution in [0.1, 0.15) is 10.4 Å². The molecule has 1 aromatic heterocycles. The second-order valence-electron chi connectivity index (χ2n) is 4.02. The number of nitrogens with one attached hydrogen (secondary N) is 1. The van der Waals surface area contributed by atoms with Gasteiger partial charge < -0.3 is 10.1 Å². The molecule has 0 radical (unpaired) electrons. The van der Waals surface area contributed by atoms with Gasteiger partial charge in [0.05, 0.1) is 29.9 Å². The summed E-state index contributed by atoms with van der Waals surface area (Å²) < 4.78 is 7.78. The molecule has 0 atom stereocenters. The number of carbonyl (C=O) groups excluding carboxylic acids is 1.